The summed E-state index contributed by atoms with van der Waals surface area (Å²) in [6.07, 6.45) is 0. The van der Waals surface area contributed by atoms with Crippen molar-refractivity contribution in [2.75, 3.05) is 0 Å². The van der Waals surface area contributed by atoms with Crippen molar-refractivity contribution < 1.29 is 4.42 Å². The lowest BCUT2D eigenvalue weighted by molar-refractivity contribution is 0.653. The number of hydrogen-bond acceptors (Lipinski definition) is 1. The first kappa shape index (κ1) is 31.4. The van der Waals surface area contributed by atoms with Crippen molar-refractivity contribution in [3.05, 3.63) is 193 Å². The van der Waals surface area contributed by atoms with E-state index in [0.717, 1.165) is 22.1 Å². The number of benzene rings is 10. The Morgan fingerprint density at radius 2 is 0.839 bits per heavy atom. The van der Waals surface area contributed by atoms with Crippen LogP contribution in [0.4, 0.5) is 0 Å². The van der Waals surface area contributed by atoms with E-state index in [1.165, 1.54) is 98.5 Å². The monoisotopic (exact) mass is 712 g/mol. The second-order valence-corrected chi connectivity index (χ2v) is 16.0. The molecule has 56 heavy (non-hydrogen) atoms. The molecule has 0 atom stereocenters. The van der Waals surface area contributed by atoms with Gasteiger partial charge in [-0.15, -0.1) is 0 Å². The van der Waals surface area contributed by atoms with Gasteiger partial charge in [0.1, 0.15) is 11.2 Å². The Hall–Kier alpha value is -6.96. The predicted molar refractivity (Wildman–Crippen MR) is 238 cm³/mol. The predicted octanol–water partition coefficient (Wildman–Crippen LogP) is 15.5. The van der Waals surface area contributed by atoms with E-state index in [2.05, 4.69) is 196 Å². The van der Waals surface area contributed by atoms with Crippen LogP contribution in [0.5, 0.6) is 0 Å². The Balaban J connectivity index is 1.07. The smallest absolute Gasteiger partial charge is 0.143 e. The molecule has 1 aliphatic rings. The van der Waals surface area contributed by atoms with Gasteiger partial charge in [-0.05, 0) is 117 Å². The molecule has 0 saturated heterocycles. The normalized spacial score (nSPS) is 13.3. The van der Waals surface area contributed by atoms with Crippen molar-refractivity contribution in [1.82, 2.24) is 0 Å². The molecule has 0 fully saturated rings. The van der Waals surface area contributed by atoms with E-state index < -0.39 is 0 Å². The zero-order valence-electron chi connectivity index (χ0n) is 31.2. The minimum absolute atomic E-state index is 0.123. The maximum absolute atomic E-state index is 7.06. The molecule has 1 heterocycles. The first-order valence-corrected chi connectivity index (χ1v) is 19.6. The zero-order valence-corrected chi connectivity index (χ0v) is 31.2. The van der Waals surface area contributed by atoms with Crippen LogP contribution in [0.2, 0.25) is 0 Å². The molecule has 1 aliphatic carbocycles. The Bertz CT molecular complexity index is 3390. The molecule has 0 bridgehead atoms. The number of hydrogen-bond donors (Lipinski definition) is 0. The van der Waals surface area contributed by atoms with E-state index in [1.54, 1.807) is 0 Å². The van der Waals surface area contributed by atoms with Crippen LogP contribution in [0.3, 0.4) is 0 Å². The van der Waals surface area contributed by atoms with Gasteiger partial charge in [-0.2, -0.15) is 0 Å². The fourth-order valence-corrected chi connectivity index (χ4v) is 9.94. The lowest BCUT2D eigenvalue weighted by atomic mass is 9.82. The van der Waals surface area contributed by atoms with Gasteiger partial charge >= 0.3 is 0 Å². The van der Waals surface area contributed by atoms with Gasteiger partial charge in [0.05, 0.1) is 0 Å². The lowest BCUT2D eigenvalue weighted by Gasteiger charge is -2.21. The van der Waals surface area contributed by atoms with Crippen molar-refractivity contribution in [2.24, 2.45) is 0 Å². The van der Waals surface area contributed by atoms with Crippen LogP contribution in [0, 0.1) is 0 Å². The van der Waals surface area contributed by atoms with Crippen molar-refractivity contribution in [1.29, 1.82) is 0 Å². The summed E-state index contributed by atoms with van der Waals surface area (Å²) in [6.45, 7) is 4.69. The summed E-state index contributed by atoms with van der Waals surface area (Å²) in [4.78, 5) is 0. The molecule has 0 unspecified atom stereocenters. The summed E-state index contributed by atoms with van der Waals surface area (Å²) in [5, 5.41) is 12.3. The molecule has 0 spiro atoms. The van der Waals surface area contributed by atoms with E-state index in [1.807, 2.05) is 0 Å². The molecule has 1 heteroatoms. The van der Waals surface area contributed by atoms with Gasteiger partial charge in [-0.25, -0.2) is 0 Å². The summed E-state index contributed by atoms with van der Waals surface area (Å²) in [7, 11) is 0. The highest BCUT2D eigenvalue weighted by Gasteiger charge is 2.38. The second-order valence-electron chi connectivity index (χ2n) is 16.0. The first-order valence-electron chi connectivity index (χ1n) is 19.6. The molecule has 0 radical (unpaired) electrons. The topological polar surface area (TPSA) is 13.1 Å². The highest BCUT2D eigenvalue weighted by Crippen LogP contribution is 2.55. The molecular formula is C55H36O. The average Bonchev–Trinajstić information content (AvgIpc) is 3.74. The van der Waals surface area contributed by atoms with E-state index in [-0.39, 0.29) is 5.41 Å². The van der Waals surface area contributed by atoms with Crippen LogP contribution in [0.25, 0.3) is 110 Å². The van der Waals surface area contributed by atoms with Gasteiger partial charge < -0.3 is 4.42 Å². The SMILES string of the molecule is CC1(C)c2ccc3ccccc3c2-c2c1ccc1c2oc2cc(-c3c4ccccc4c(-c4cccc(-c5ccc6ccccc6c5)c4)c4ccccc34)ccc21. The molecule has 11 aromatic rings. The summed E-state index contributed by atoms with van der Waals surface area (Å²) in [6, 6.07) is 67.0. The van der Waals surface area contributed by atoms with E-state index >= 15 is 0 Å². The fourth-order valence-electron chi connectivity index (χ4n) is 9.94. The molecule has 12 rings (SSSR count). The third-order valence-electron chi connectivity index (χ3n) is 12.6. The molecular weight excluding hydrogens is 677 g/mol. The molecule has 0 N–H and O–H groups in total. The molecule has 0 saturated carbocycles. The standard InChI is InChI=1S/C55H36O/c1-55(2)47-28-25-34-13-5-6-17-40(34)52(47)53-48(55)29-27-46-41-26-24-39(32-49(41)56-54(46)53)51-44-20-9-7-18-42(44)50(43-19-8-10-21-45(43)51)38-16-11-15-36(31-38)37-23-22-33-12-3-4-14-35(33)30-37/h3-32H,1-2H3. The Morgan fingerprint density at radius 3 is 1.57 bits per heavy atom. The molecule has 1 nitrogen and oxygen atoms in total. The average molecular weight is 713 g/mol. The van der Waals surface area contributed by atoms with Crippen LogP contribution in [-0.2, 0) is 5.41 Å². The second kappa shape index (κ2) is 11.5. The van der Waals surface area contributed by atoms with Crippen molar-refractivity contribution >= 4 is 65.0 Å². The van der Waals surface area contributed by atoms with Gasteiger partial charge in [0.25, 0.3) is 0 Å². The van der Waals surface area contributed by atoms with Crippen molar-refractivity contribution in [2.45, 2.75) is 19.3 Å². The van der Waals surface area contributed by atoms with Gasteiger partial charge in [-0.1, -0.05) is 172 Å². The molecule has 262 valence electrons. The highest BCUT2D eigenvalue weighted by molar-refractivity contribution is 6.22. The Labute approximate surface area is 325 Å². The highest BCUT2D eigenvalue weighted by atomic mass is 16.3. The van der Waals surface area contributed by atoms with E-state index in [0.29, 0.717) is 0 Å². The van der Waals surface area contributed by atoms with Crippen LogP contribution in [-0.4, -0.2) is 0 Å². The summed E-state index contributed by atoms with van der Waals surface area (Å²) in [5.74, 6) is 0. The minimum atomic E-state index is -0.123. The summed E-state index contributed by atoms with van der Waals surface area (Å²) in [5.41, 5.74) is 14.3. The van der Waals surface area contributed by atoms with Crippen LogP contribution < -0.4 is 0 Å². The maximum atomic E-state index is 7.06. The van der Waals surface area contributed by atoms with Gasteiger partial charge in [0.2, 0.25) is 0 Å². The maximum Gasteiger partial charge on any atom is 0.143 e. The number of fused-ring (bicyclic) bond motifs is 12. The third-order valence-corrected chi connectivity index (χ3v) is 12.6. The molecule has 10 aromatic carbocycles. The summed E-state index contributed by atoms with van der Waals surface area (Å²) >= 11 is 0. The van der Waals surface area contributed by atoms with E-state index in [4.69, 9.17) is 4.42 Å². The van der Waals surface area contributed by atoms with Crippen LogP contribution in [0.15, 0.2) is 186 Å². The summed E-state index contributed by atoms with van der Waals surface area (Å²) < 4.78 is 7.06. The molecule has 0 amide bonds. The fraction of sp³-hybridized carbons (Fsp3) is 0.0545. The first-order chi connectivity index (χ1) is 27.5. The van der Waals surface area contributed by atoms with Crippen molar-refractivity contribution in [3.8, 4) is 44.5 Å². The third kappa shape index (κ3) is 4.37. The van der Waals surface area contributed by atoms with Gasteiger partial charge in [0, 0.05) is 21.8 Å². The zero-order chi connectivity index (χ0) is 37.1. The van der Waals surface area contributed by atoms with Crippen molar-refractivity contribution in [3.63, 3.8) is 0 Å². The van der Waals surface area contributed by atoms with Gasteiger partial charge in [-0.3, -0.25) is 0 Å². The quantitative estimate of drug-likeness (QED) is 0.166. The minimum Gasteiger partial charge on any atom is -0.455 e. The Morgan fingerprint density at radius 1 is 0.321 bits per heavy atom. The number of furan rings is 1. The molecule has 1 aromatic heterocycles. The largest absolute Gasteiger partial charge is 0.455 e. The van der Waals surface area contributed by atoms with Crippen LogP contribution in [0.1, 0.15) is 25.0 Å². The number of rotatable bonds is 3. The molecule has 0 aliphatic heterocycles. The van der Waals surface area contributed by atoms with E-state index in [9.17, 15) is 0 Å². The van der Waals surface area contributed by atoms with Crippen LogP contribution >= 0.6 is 0 Å². The van der Waals surface area contributed by atoms with Gasteiger partial charge in [0.15, 0.2) is 0 Å². The Kier molecular flexibility index (Phi) is 6.46. The lowest BCUT2D eigenvalue weighted by Crippen LogP contribution is -2.14.